The zero-order valence-corrected chi connectivity index (χ0v) is 12.0. The zero-order valence-electron chi connectivity index (χ0n) is 11.2. The zero-order chi connectivity index (χ0) is 15.7. The van der Waals surface area contributed by atoms with Gasteiger partial charge in [0.25, 0.3) is 0 Å². The highest BCUT2D eigenvalue weighted by Crippen LogP contribution is 2.30. The van der Waals surface area contributed by atoms with E-state index >= 15 is 0 Å². The third-order valence-corrected chi connectivity index (χ3v) is 5.79. The van der Waals surface area contributed by atoms with Crippen LogP contribution < -0.4 is 0 Å². The largest absolute Gasteiger partial charge is 0.416 e. The highest BCUT2D eigenvalue weighted by Gasteiger charge is 2.35. The molecule has 3 nitrogen and oxygen atoms in total. The molecule has 0 N–H and O–H groups in total. The van der Waals surface area contributed by atoms with Crippen molar-refractivity contribution >= 4 is 15.6 Å². The molecule has 1 fully saturated rings. The van der Waals surface area contributed by atoms with Crippen LogP contribution in [0.5, 0.6) is 0 Å². The SMILES string of the molecule is O=C(Cc1cccc(C(F)(F)F)c1)C1CCCCS1(=O)=O. The van der Waals surface area contributed by atoms with Crippen molar-refractivity contribution < 1.29 is 26.4 Å². The lowest BCUT2D eigenvalue weighted by Gasteiger charge is -2.21. The van der Waals surface area contributed by atoms with E-state index in [0.717, 1.165) is 12.1 Å². The summed E-state index contributed by atoms with van der Waals surface area (Å²) < 4.78 is 61.5. The topological polar surface area (TPSA) is 51.2 Å². The van der Waals surface area contributed by atoms with E-state index in [1.54, 1.807) is 0 Å². The number of alkyl halides is 3. The number of benzene rings is 1. The number of carbonyl (C=O) groups is 1. The standard InChI is InChI=1S/C14H15F3O3S/c15-14(16,17)11-5-3-4-10(8-11)9-12(18)13-6-1-2-7-21(13,19)20/h3-5,8,13H,1-2,6-7,9H2. The molecule has 0 spiro atoms. The average Bonchev–Trinajstić information content (AvgIpc) is 2.37. The monoisotopic (exact) mass is 320 g/mol. The first-order valence-corrected chi connectivity index (χ1v) is 8.32. The van der Waals surface area contributed by atoms with Crippen LogP contribution in [0.3, 0.4) is 0 Å². The van der Waals surface area contributed by atoms with Crippen molar-refractivity contribution in [2.24, 2.45) is 0 Å². The molecule has 2 rings (SSSR count). The second-order valence-corrected chi connectivity index (χ2v) is 7.50. The second-order valence-electron chi connectivity index (χ2n) is 5.19. The fourth-order valence-electron chi connectivity index (χ4n) is 2.49. The van der Waals surface area contributed by atoms with Gasteiger partial charge >= 0.3 is 6.18 Å². The highest BCUT2D eigenvalue weighted by atomic mass is 32.2. The lowest BCUT2D eigenvalue weighted by atomic mass is 10.0. The van der Waals surface area contributed by atoms with Crippen LogP contribution in [0.1, 0.15) is 30.4 Å². The average molecular weight is 320 g/mol. The highest BCUT2D eigenvalue weighted by molar-refractivity contribution is 7.92. The van der Waals surface area contributed by atoms with Gasteiger partial charge in [-0.15, -0.1) is 0 Å². The Labute approximate surface area is 121 Å². The fourth-order valence-corrected chi connectivity index (χ4v) is 4.39. The lowest BCUT2D eigenvalue weighted by molar-refractivity contribution is -0.137. The van der Waals surface area contributed by atoms with Gasteiger partial charge in [-0.25, -0.2) is 8.42 Å². The third kappa shape index (κ3) is 3.84. The Bertz CT molecular complexity index is 635. The molecule has 116 valence electrons. The van der Waals surface area contributed by atoms with Gasteiger partial charge in [0.05, 0.1) is 11.3 Å². The van der Waals surface area contributed by atoms with Gasteiger partial charge in [0.15, 0.2) is 15.6 Å². The van der Waals surface area contributed by atoms with Gasteiger partial charge in [0.2, 0.25) is 0 Å². The first-order valence-electron chi connectivity index (χ1n) is 6.60. The first kappa shape index (κ1) is 16.0. The molecule has 1 aliphatic rings. The maximum atomic E-state index is 12.6. The second kappa shape index (κ2) is 5.79. The third-order valence-electron chi connectivity index (χ3n) is 3.57. The van der Waals surface area contributed by atoms with Crippen LogP contribution in [-0.2, 0) is 27.2 Å². The van der Waals surface area contributed by atoms with Crippen LogP contribution in [0.4, 0.5) is 13.2 Å². The summed E-state index contributed by atoms with van der Waals surface area (Å²) in [5.74, 6) is -0.541. The Morgan fingerprint density at radius 1 is 1.24 bits per heavy atom. The molecular weight excluding hydrogens is 305 g/mol. The molecule has 0 aliphatic carbocycles. The summed E-state index contributed by atoms with van der Waals surface area (Å²) in [6.07, 6.45) is -3.31. The van der Waals surface area contributed by atoms with Gasteiger partial charge in [0, 0.05) is 6.42 Å². The van der Waals surface area contributed by atoms with Gasteiger partial charge < -0.3 is 0 Å². The van der Waals surface area contributed by atoms with Crippen molar-refractivity contribution in [1.82, 2.24) is 0 Å². The lowest BCUT2D eigenvalue weighted by Crippen LogP contribution is -2.36. The Balaban J connectivity index is 2.16. The van der Waals surface area contributed by atoms with Gasteiger partial charge in [-0.1, -0.05) is 24.6 Å². The predicted molar refractivity (Wildman–Crippen MR) is 71.6 cm³/mol. The van der Waals surface area contributed by atoms with E-state index < -0.39 is 32.6 Å². The molecule has 1 atom stereocenters. The number of hydrogen-bond acceptors (Lipinski definition) is 3. The summed E-state index contributed by atoms with van der Waals surface area (Å²) in [5, 5.41) is -1.07. The quantitative estimate of drug-likeness (QED) is 0.860. The van der Waals surface area contributed by atoms with E-state index in [0.29, 0.717) is 12.8 Å². The van der Waals surface area contributed by atoms with Crippen molar-refractivity contribution in [1.29, 1.82) is 0 Å². The van der Waals surface area contributed by atoms with Crippen LogP contribution in [0.2, 0.25) is 0 Å². The van der Waals surface area contributed by atoms with E-state index in [1.807, 2.05) is 0 Å². The van der Waals surface area contributed by atoms with Crippen LogP contribution >= 0.6 is 0 Å². The normalized spacial score (nSPS) is 22.0. The molecule has 0 aromatic heterocycles. The van der Waals surface area contributed by atoms with E-state index in [1.165, 1.54) is 12.1 Å². The summed E-state index contributed by atoms with van der Waals surface area (Å²) in [7, 11) is -3.45. The maximum Gasteiger partial charge on any atom is 0.416 e. The van der Waals surface area contributed by atoms with Gasteiger partial charge in [-0.2, -0.15) is 13.2 Å². The smallest absolute Gasteiger partial charge is 0.298 e. The van der Waals surface area contributed by atoms with Crippen LogP contribution in [0, 0.1) is 0 Å². The summed E-state index contributed by atoms with van der Waals surface area (Å²) in [5.41, 5.74) is -0.644. The summed E-state index contributed by atoms with van der Waals surface area (Å²) in [4.78, 5) is 12.1. The first-order chi connectivity index (χ1) is 9.70. The van der Waals surface area contributed by atoms with Crippen LogP contribution in [0.15, 0.2) is 24.3 Å². The molecule has 0 radical (unpaired) electrons. The minimum absolute atomic E-state index is 0.0218. The Hall–Kier alpha value is -1.37. The number of hydrogen-bond donors (Lipinski definition) is 0. The number of Topliss-reactive ketones (excluding diaryl/α,β-unsaturated/α-hetero) is 1. The summed E-state index contributed by atoms with van der Waals surface area (Å²) >= 11 is 0. The van der Waals surface area contributed by atoms with E-state index in [9.17, 15) is 26.4 Å². The molecule has 1 aliphatic heterocycles. The van der Waals surface area contributed by atoms with Gasteiger partial charge in [-0.05, 0) is 24.5 Å². The van der Waals surface area contributed by atoms with Crippen LogP contribution in [-0.4, -0.2) is 25.2 Å². The van der Waals surface area contributed by atoms with Crippen molar-refractivity contribution in [2.45, 2.75) is 37.1 Å². The number of halogens is 3. The molecule has 0 saturated carbocycles. The molecule has 1 saturated heterocycles. The molecule has 7 heteroatoms. The molecule has 1 aromatic carbocycles. The number of ketones is 1. The Morgan fingerprint density at radius 3 is 2.57 bits per heavy atom. The van der Waals surface area contributed by atoms with E-state index in [-0.39, 0.29) is 24.2 Å². The number of sulfone groups is 1. The molecule has 1 aromatic rings. The minimum atomic E-state index is -4.48. The van der Waals surface area contributed by atoms with Crippen molar-refractivity contribution in [3.63, 3.8) is 0 Å². The predicted octanol–water partition coefficient (Wildman–Crippen LogP) is 2.78. The molecule has 1 heterocycles. The number of carbonyl (C=O) groups excluding carboxylic acids is 1. The van der Waals surface area contributed by atoms with Gasteiger partial charge in [-0.3, -0.25) is 4.79 Å². The van der Waals surface area contributed by atoms with Crippen LogP contribution in [0.25, 0.3) is 0 Å². The van der Waals surface area contributed by atoms with E-state index in [2.05, 4.69) is 0 Å². The summed E-state index contributed by atoms with van der Waals surface area (Å²) in [6, 6.07) is 4.45. The minimum Gasteiger partial charge on any atom is -0.298 e. The molecule has 0 bridgehead atoms. The van der Waals surface area contributed by atoms with Crippen molar-refractivity contribution in [3.8, 4) is 0 Å². The summed E-state index contributed by atoms with van der Waals surface area (Å²) in [6.45, 7) is 0. The molecule has 1 unspecified atom stereocenters. The maximum absolute atomic E-state index is 12.6. The van der Waals surface area contributed by atoms with Crippen molar-refractivity contribution in [3.05, 3.63) is 35.4 Å². The van der Waals surface area contributed by atoms with Crippen molar-refractivity contribution in [2.75, 3.05) is 5.75 Å². The fraction of sp³-hybridized carbons (Fsp3) is 0.500. The van der Waals surface area contributed by atoms with Gasteiger partial charge in [0.1, 0.15) is 5.25 Å². The molecule has 0 amide bonds. The molecule has 21 heavy (non-hydrogen) atoms. The Kier molecular flexibility index (Phi) is 4.41. The molecular formula is C14H15F3O3S. The van der Waals surface area contributed by atoms with E-state index in [4.69, 9.17) is 0 Å². The number of rotatable bonds is 3. The Morgan fingerprint density at radius 2 is 1.95 bits per heavy atom.